The van der Waals surface area contributed by atoms with Gasteiger partial charge in [0.1, 0.15) is 17.5 Å². The van der Waals surface area contributed by atoms with Crippen molar-refractivity contribution in [1.82, 2.24) is 9.78 Å². The van der Waals surface area contributed by atoms with Gasteiger partial charge in [-0.15, -0.1) is 0 Å². The Bertz CT molecular complexity index is 461. The summed E-state index contributed by atoms with van der Waals surface area (Å²) in [4.78, 5) is 0. The molecule has 1 saturated carbocycles. The Kier molecular flexibility index (Phi) is 4.47. The largest absolute Gasteiger partial charge is 0.369 e. The van der Waals surface area contributed by atoms with E-state index in [-0.39, 0.29) is 0 Å². The van der Waals surface area contributed by atoms with Crippen LogP contribution in [0.5, 0.6) is 0 Å². The van der Waals surface area contributed by atoms with E-state index in [1.54, 1.807) is 4.68 Å². The summed E-state index contributed by atoms with van der Waals surface area (Å²) < 4.78 is 1.78. The van der Waals surface area contributed by atoms with Crippen LogP contribution >= 0.6 is 0 Å². The third-order valence-electron chi connectivity index (χ3n) is 4.44. The van der Waals surface area contributed by atoms with E-state index >= 15 is 0 Å². The van der Waals surface area contributed by atoms with Crippen molar-refractivity contribution in [3.63, 3.8) is 0 Å². The minimum Gasteiger partial charge on any atom is -0.369 e. The summed E-state index contributed by atoms with van der Waals surface area (Å²) in [6, 6.07) is 2.24. The summed E-state index contributed by atoms with van der Waals surface area (Å²) in [5.41, 5.74) is 1.49. The topological polar surface area (TPSA) is 53.6 Å². The van der Waals surface area contributed by atoms with Gasteiger partial charge in [-0.25, -0.2) is 0 Å². The van der Waals surface area contributed by atoms with Crippen molar-refractivity contribution in [2.75, 3.05) is 11.9 Å². The van der Waals surface area contributed by atoms with Crippen LogP contribution in [0.4, 0.5) is 5.82 Å². The first kappa shape index (κ1) is 13.9. The molecule has 19 heavy (non-hydrogen) atoms. The maximum atomic E-state index is 9.17. The number of anilines is 1. The van der Waals surface area contributed by atoms with Crippen LogP contribution in [0.15, 0.2) is 0 Å². The summed E-state index contributed by atoms with van der Waals surface area (Å²) in [6.07, 6.45) is 6.66. The number of hydrogen-bond acceptors (Lipinski definition) is 3. The van der Waals surface area contributed by atoms with Crippen LogP contribution in [0.3, 0.4) is 0 Å². The van der Waals surface area contributed by atoms with Crippen molar-refractivity contribution in [3.8, 4) is 6.07 Å². The van der Waals surface area contributed by atoms with Gasteiger partial charge >= 0.3 is 0 Å². The zero-order valence-electron chi connectivity index (χ0n) is 12.2. The maximum Gasteiger partial charge on any atom is 0.142 e. The Morgan fingerprint density at radius 2 is 1.95 bits per heavy atom. The fraction of sp³-hybridized carbons (Fsp3) is 0.733. The van der Waals surface area contributed by atoms with E-state index in [0.717, 1.165) is 29.9 Å². The van der Waals surface area contributed by atoms with Crippen LogP contribution in [-0.2, 0) is 7.05 Å². The highest BCUT2D eigenvalue weighted by Crippen LogP contribution is 2.31. The molecule has 0 amide bonds. The molecule has 0 atom stereocenters. The average Bonchev–Trinajstić information content (AvgIpc) is 2.70. The van der Waals surface area contributed by atoms with Gasteiger partial charge in [0.2, 0.25) is 0 Å². The lowest BCUT2D eigenvalue weighted by molar-refractivity contribution is 0.278. The molecule has 2 rings (SSSR count). The fourth-order valence-electron chi connectivity index (χ4n) is 3.08. The third kappa shape index (κ3) is 3.09. The molecule has 1 aromatic rings. The number of nitrogens with one attached hydrogen (secondary N) is 1. The lowest BCUT2D eigenvalue weighted by Crippen LogP contribution is -2.22. The van der Waals surface area contributed by atoms with Crippen LogP contribution in [-0.4, -0.2) is 16.3 Å². The molecular weight excluding hydrogens is 236 g/mol. The molecule has 1 heterocycles. The number of aromatic nitrogens is 2. The molecule has 1 N–H and O–H groups in total. The molecule has 0 saturated heterocycles. The molecule has 104 valence electrons. The highest BCUT2D eigenvalue weighted by Gasteiger charge is 2.21. The first-order chi connectivity index (χ1) is 9.15. The molecular formula is C15H24N4. The van der Waals surface area contributed by atoms with Gasteiger partial charge in [-0.05, 0) is 31.6 Å². The van der Waals surface area contributed by atoms with Crippen molar-refractivity contribution in [3.05, 3.63) is 11.3 Å². The summed E-state index contributed by atoms with van der Waals surface area (Å²) in [6.45, 7) is 5.14. The lowest BCUT2D eigenvalue weighted by Gasteiger charge is -2.28. The van der Waals surface area contributed by atoms with Gasteiger partial charge < -0.3 is 5.32 Å². The molecule has 0 unspecified atom stereocenters. The van der Waals surface area contributed by atoms with Crippen LogP contribution in [0.25, 0.3) is 0 Å². The minimum atomic E-state index is 0.685. The molecule has 1 aromatic heterocycles. The second kappa shape index (κ2) is 6.10. The summed E-state index contributed by atoms with van der Waals surface area (Å²) in [5.74, 6) is 2.55. The molecule has 1 aliphatic carbocycles. The van der Waals surface area contributed by atoms with E-state index in [1.807, 2.05) is 14.0 Å². The quantitative estimate of drug-likeness (QED) is 0.904. The molecule has 0 aromatic carbocycles. The van der Waals surface area contributed by atoms with Crippen molar-refractivity contribution < 1.29 is 0 Å². The molecule has 0 radical (unpaired) electrons. The van der Waals surface area contributed by atoms with E-state index < -0.39 is 0 Å². The third-order valence-corrected chi connectivity index (χ3v) is 4.44. The van der Waals surface area contributed by atoms with E-state index in [4.69, 9.17) is 0 Å². The van der Waals surface area contributed by atoms with Gasteiger partial charge in [-0.2, -0.15) is 10.4 Å². The van der Waals surface area contributed by atoms with Crippen molar-refractivity contribution >= 4 is 5.82 Å². The molecule has 1 aliphatic rings. The second-order valence-electron chi connectivity index (χ2n) is 5.72. The zero-order chi connectivity index (χ0) is 13.8. The Morgan fingerprint density at radius 1 is 1.32 bits per heavy atom. The van der Waals surface area contributed by atoms with E-state index in [9.17, 15) is 5.26 Å². The summed E-state index contributed by atoms with van der Waals surface area (Å²) in [5, 5.41) is 16.9. The Morgan fingerprint density at radius 3 is 2.53 bits per heavy atom. The van der Waals surface area contributed by atoms with Crippen LogP contribution in [0.2, 0.25) is 0 Å². The van der Waals surface area contributed by atoms with Crippen LogP contribution < -0.4 is 5.32 Å². The molecule has 0 bridgehead atoms. The highest BCUT2D eigenvalue weighted by molar-refractivity contribution is 5.54. The normalized spacial score (nSPS) is 23.1. The predicted octanol–water partition coefficient (Wildman–Crippen LogP) is 3.23. The van der Waals surface area contributed by atoms with E-state index in [2.05, 4.69) is 23.4 Å². The Balaban J connectivity index is 1.92. The number of nitriles is 1. The number of nitrogens with zero attached hydrogens (tertiary/aromatic N) is 3. The van der Waals surface area contributed by atoms with Gasteiger partial charge in [-0.3, -0.25) is 4.68 Å². The molecule has 1 fully saturated rings. The van der Waals surface area contributed by atoms with Crippen molar-refractivity contribution in [2.45, 2.75) is 46.0 Å². The van der Waals surface area contributed by atoms with Gasteiger partial charge in [0, 0.05) is 13.6 Å². The van der Waals surface area contributed by atoms with Gasteiger partial charge in [-0.1, -0.05) is 26.2 Å². The standard InChI is InChI=1S/C15H24N4/c1-4-12-5-7-13(8-6-12)10-17-15-14(9-16)11(2)18-19(15)3/h12-13,17H,4-8,10H2,1-3H3. The summed E-state index contributed by atoms with van der Waals surface area (Å²) >= 11 is 0. The average molecular weight is 260 g/mol. The van der Waals surface area contributed by atoms with Crippen LogP contribution in [0.1, 0.15) is 50.3 Å². The first-order valence-corrected chi connectivity index (χ1v) is 7.33. The van der Waals surface area contributed by atoms with Gasteiger partial charge in [0.15, 0.2) is 0 Å². The molecule has 4 heteroatoms. The predicted molar refractivity (Wildman–Crippen MR) is 76.9 cm³/mol. The number of aryl methyl sites for hydroxylation is 2. The van der Waals surface area contributed by atoms with E-state index in [1.165, 1.54) is 32.1 Å². The first-order valence-electron chi connectivity index (χ1n) is 7.33. The number of rotatable bonds is 4. The number of hydrogen-bond donors (Lipinski definition) is 1. The Labute approximate surface area is 115 Å². The summed E-state index contributed by atoms with van der Waals surface area (Å²) in [7, 11) is 1.89. The monoisotopic (exact) mass is 260 g/mol. The van der Waals surface area contributed by atoms with Gasteiger partial charge in [0.05, 0.1) is 5.69 Å². The Hall–Kier alpha value is -1.50. The lowest BCUT2D eigenvalue weighted by atomic mass is 9.81. The zero-order valence-corrected chi connectivity index (χ0v) is 12.2. The fourth-order valence-corrected chi connectivity index (χ4v) is 3.08. The highest BCUT2D eigenvalue weighted by atomic mass is 15.3. The van der Waals surface area contributed by atoms with Crippen molar-refractivity contribution in [1.29, 1.82) is 5.26 Å². The van der Waals surface area contributed by atoms with Crippen LogP contribution in [0, 0.1) is 30.1 Å². The molecule has 4 nitrogen and oxygen atoms in total. The SMILES string of the molecule is CCC1CCC(CNc2c(C#N)c(C)nn2C)CC1. The van der Waals surface area contributed by atoms with E-state index in [0.29, 0.717) is 5.56 Å². The minimum absolute atomic E-state index is 0.685. The smallest absolute Gasteiger partial charge is 0.142 e. The molecule has 0 spiro atoms. The second-order valence-corrected chi connectivity index (χ2v) is 5.72. The van der Waals surface area contributed by atoms with Crippen molar-refractivity contribution in [2.24, 2.45) is 18.9 Å². The maximum absolute atomic E-state index is 9.17. The molecule has 0 aliphatic heterocycles. The van der Waals surface area contributed by atoms with Gasteiger partial charge in [0.25, 0.3) is 0 Å².